The van der Waals surface area contributed by atoms with Gasteiger partial charge in [0.2, 0.25) is 17.7 Å². The van der Waals surface area contributed by atoms with Crippen LogP contribution in [0.5, 0.6) is 0 Å². The van der Waals surface area contributed by atoms with E-state index in [9.17, 15) is 9.90 Å². The molecule has 0 saturated heterocycles. The van der Waals surface area contributed by atoms with E-state index in [0.717, 1.165) is 24.8 Å². The lowest BCUT2D eigenvalue weighted by Crippen LogP contribution is -2.47. The molecule has 5 aromatic rings. The number of furan rings is 1. The van der Waals surface area contributed by atoms with E-state index in [-0.39, 0.29) is 17.9 Å². The molecule has 1 aromatic carbocycles. The van der Waals surface area contributed by atoms with Crippen molar-refractivity contribution >= 4 is 28.5 Å². The molecular formula is C24H24N8O3. The van der Waals surface area contributed by atoms with Crippen molar-refractivity contribution in [3.05, 3.63) is 60.5 Å². The van der Waals surface area contributed by atoms with Crippen molar-refractivity contribution in [2.75, 3.05) is 5.73 Å². The fourth-order valence-corrected chi connectivity index (χ4v) is 4.71. The molecule has 178 valence electrons. The van der Waals surface area contributed by atoms with E-state index in [1.807, 2.05) is 30.3 Å². The van der Waals surface area contributed by atoms with E-state index >= 15 is 0 Å². The van der Waals surface area contributed by atoms with Gasteiger partial charge >= 0.3 is 0 Å². The molecule has 1 aliphatic rings. The number of benzene rings is 1. The zero-order chi connectivity index (χ0) is 23.9. The number of hydrogen-bond donors (Lipinski definition) is 3. The molecular weight excluding hydrogens is 448 g/mol. The first kappa shape index (κ1) is 21.3. The molecule has 1 saturated carbocycles. The summed E-state index contributed by atoms with van der Waals surface area (Å²) >= 11 is 0. The van der Waals surface area contributed by atoms with Crippen molar-refractivity contribution in [1.29, 1.82) is 0 Å². The lowest BCUT2D eigenvalue weighted by Gasteiger charge is -2.30. The molecule has 11 heteroatoms. The van der Waals surface area contributed by atoms with E-state index in [1.54, 1.807) is 29.3 Å². The molecule has 6 rings (SSSR count). The molecule has 1 fully saturated rings. The summed E-state index contributed by atoms with van der Waals surface area (Å²) in [5, 5.41) is 23.0. The number of nitrogens with two attached hydrogens (primary N) is 1. The van der Waals surface area contributed by atoms with Gasteiger partial charge in [-0.25, -0.2) is 9.67 Å². The van der Waals surface area contributed by atoms with Gasteiger partial charge in [-0.15, -0.1) is 5.10 Å². The van der Waals surface area contributed by atoms with Gasteiger partial charge in [-0.1, -0.05) is 43.2 Å². The first-order chi connectivity index (χ1) is 17.1. The molecule has 0 bridgehead atoms. The Morgan fingerprint density at radius 2 is 1.94 bits per heavy atom. The monoisotopic (exact) mass is 472 g/mol. The highest BCUT2D eigenvalue weighted by atomic mass is 16.3. The van der Waals surface area contributed by atoms with E-state index in [4.69, 9.17) is 10.2 Å². The van der Waals surface area contributed by atoms with Crippen molar-refractivity contribution in [3.63, 3.8) is 0 Å². The van der Waals surface area contributed by atoms with Gasteiger partial charge in [0.05, 0.1) is 30.0 Å². The lowest BCUT2D eigenvalue weighted by molar-refractivity contribution is -0.125. The molecule has 1 unspecified atom stereocenters. The first-order valence-electron chi connectivity index (χ1n) is 11.6. The van der Waals surface area contributed by atoms with Gasteiger partial charge in [-0.2, -0.15) is 14.6 Å². The number of aliphatic hydroxyl groups excluding tert-OH is 1. The normalized spacial score (nSPS) is 19.2. The third kappa shape index (κ3) is 3.69. The zero-order valence-corrected chi connectivity index (χ0v) is 18.8. The quantitative estimate of drug-likeness (QED) is 0.353. The number of aliphatic hydroxyl groups is 1. The van der Waals surface area contributed by atoms with E-state index in [1.165, 1.54) is 4.52 Å². The second kappa shape index (κ2) is 8.51. The number of nitrogens with one attached hydrogen (secondary N) is 1. The number of hydrogen-bond acceptors (Lipinski definition) is 8. The van der Waals surface area contributed by atoms with Gasteiger partial charge in [0.15, 0.2) is 23.1 Å². The topological polar surface area (TPSA) is 149 Å². The van der Waals surface area contributed by atoms with Crippen molar-refractivity contribution in [1.82, 2.24) is 34.7 Å². The predicted octanol–water partition coefficient (Wildman–Crippen LogP) is 2.33. The van der Waals surface area contributed by atoms with Crippen molar-refractivity contribution < 1.29 is 14.3 Å². The van der Waals surface area contributed by atoms with Crippen molar-refractivity contribution in [2.24, 2.45) is 0 Å². The Morgan fingerprint density at radius 1 is 1.11 bits per heavy atom. The number of carbonyl (C=O) groups is 1. The summed E-state index contributed by atoms with van der Waals surface area (Å²) in [6.45, 7) is 0. The number of nitrogen functional groups attached to an aromatic ring is 1. The minimum Gasteiger partial charge on any atom is -0.461 e. The minimum absolute atomic E-state index is 0.106. The standard InChI is InChI=1S/C24H24N8O3/c25-24-29-22-15(21-28-20(30-32(21)24)18-11-6-12-35-18)13-26-31(22)19(14-7-2-1-3-8-14)23(34)27-16-9-4-5-10-17(16)33/h1-3,6-8,11-13,16-17,19,33H,4-5,9-10H2,(H2,25,29)(H,27,34)/t16-,17+,19?/m0/s1. The van der Waals surface area contributed by atoms with Crippen LogP contribution in [0.25, 0.3) is 28.3 Å². The van der Waals surface area contributed by atoms with Crippen molar-refractivity contribution in [3.8, 4) is 11.6 Å². The van der Waals surface area contributed by atoms with Crippen LogP contribution in [-0.2, 0) is 4.79 Å². The van der Waals surface area contributed by atoms with Crippen LogP contribution in [0.2, 0.25) is 0 Å². The highest BCUT2D eigenvalue weighted by molar-refractivity contribution is 5.92. The highest BCUT2D eigenvalue weighted by Crippen LogP contribution is 2.28. The number of carbonyl (C=O) groups excluding carboxylic acids is 1. The van der Waals surface area contributed by atoms with E-state index in [2.05, 4.69) is 25.5 Å². The van der Waals surface area contributed by atoms with Gasteiger partial charge in [0.1, 0.15) is 0 Å². The van der Waals surface area contributed by atoms with Gasteiger partial charge in [-0.3, -0.25) is 4.79 Å². The maximum atomic E-state index is 13.6. The summed E-state index contributed by atoms with van der Waals surface area (Å²) in [5.74, 6) is 0.702. The molecule has 3 atom stereocenters. The second-order valence-electron chi connectivity index (χ2n) is 8.72. The fraction of sp³-hybridized carbons (Fsp3) is 0.292. The van der Waals surface area contributed by atoms with Crippen LogP contribution in [0.3, 0.4) is 0 Å². The maximum Gasteiger partial charge on any atom is 0.249 e. The van der Waals surface area contributed by atoms with Gasteiger partial charge in [-0.05, 0) is 30.5 Å². The average molecular weight is 473 g/mol. The summed E-state index contributed by atoms with van der Waals surface area (Å²) < 4.78 is 8.40. The van der Waals surface area contributed by atoms with Gasteiger partial charge < -0.3 is 20.6 Å². The molecule has 4 N–H and O–H groups in total. The smallest absolute Gasteiger partial charge is 0.249 e. The summed E-state index contributed by atoms with van der Waals surface area (Å²) in [6.07, 6.45) is 5.91. The third-order valence-electron chi connectivity index (χ3n) is 6.46. The molecule has 11 nitrogen and oxygen atoms in total. The largest absolute Gasteiger partial charge is 0.461 e. The summed E-state index contributed by atoms with van der Waals surface area (Å²) in [4.78, 5) is 22.7. The molecule has 1 aliphatic carbocycles. The van der Waals surface area contributed by atoms with Crippen LogP contribution >= 0.6 is 0 Å². The summed E-state index contributed by atoms with van der Waals surface area (Å²) in [5.41, 5.74) is 7.84. The van der Waals surface area contributed by atoms with Crippen LogP contribution < -0.4 is 11.1 Å². The number of nitrogens with zero attached hydrogens (tertiary/aromatic N) is 6. The maximum absolute atomic E-state index is 13.6. The molecule has 0 spiro atoms. The predicted molar refractivity (Wildman–Crippen MR) is 127 cm³/mol. The third-order valence-corrected chi connectivity index (χ3v) is 6.46. The average Bonchev–Trinajstić information content (AvgIpc) is 3.62. The number of aromatic nitrogens is 6. The van der Waals surface area contributed by atoms with Crippen LogP contribution in [0, 0.1) is 0 Å². The van der Waals surface area contributed by atoms with Crippen LogP contribution in [0.1, 0.15) is 37.3 Å². The Morgan fingerprint density at radius 3 is 2.71 bits per heavy atom. The first-order valence-corrected chi connectivity index (χ1v) is 11.6. The Bertz CT molecular complexity index is 1490. The van der Waals surface area contributed by atoms with Crippen LogP contribution in [0.15, 0.2) is 59.3 Å². The van der Waals surface area contributed by atoms with Gasteiger partial charge in [0, 0.05) is 0 Å². The Balaban J connectivity index is 1.46. The van der Waals surface area contributed by atoms with Crippen LogP contribution in [-0.4, -0.2) is 52.5 Å². The number of amides is 1. The van der Waals surface area contributed by atoms with Crippen LogP contribution in [0.4, 0.5) is 5.95 Å². The van der Waals surface area contributed by atoms with Gasteiger partial charge in [0.25, 0.3) is 0 Å². The number of anilines is 1. The molecule has 35 heavy (non-hydrogen) atoms. The summed E-state index contributed by atoms with van der Waals surface area (Å²) in [7, 11) is 0. The number of fused-ring (bicyclic) bond motifs is 3. The second-order valence-corrected chi connectivity index (χ2v) is 8.72. The molecule has 4 heterocycles. The molecule has 4 aromatic heterocycles. The minimum atomic E-state index is -0.815. The zero-order valence-electron chi connectivity index (χ0n) is 18.8. The Hall–Kier alpha value is -4.25. The van der Waals surface area contributed by atoms with E-state index < -0.39 is 12.1 Å². The SMILES string of the molecule is Nc1nc2c(cnn2C(C(=O)N[C@H]2CCCC[C@H]2O)c2ccccc2)c2nc(-c3ccco3)nn12. The Kier molecular flexibility index (Phi) is 5.18. The summed E-state index contributed by atoms with van der Waals surface area (Å²) in [6, 6.07) is 11.7. The Labute approximate surface area is 199 Å². The lowest BCUT2D eigenvalue weighted by atomic mass is 9.92. The highest BCUT2D eigenvalue weighted by Gasteiger charge is 2.31. The molecule has 1 amide bonds. The van der Waals surface area contributed by atoms with Crippen molar-refractivity contribution in [2.45, 2.75) is 43.9 Å². The van der Waals surface area contributed by atoms with E-state index in [0.29, 0.717) is 34.7 Å². The number of rotatable bonds is 5. The molecule has 0 aliphatic heterocycles. The molecule has 0 radical (unpaired) electrons. The fourth-order valence-electron chi connectivity index (χ4n) is 4.71.